The van der Waals surface area contributed by atoms with Crippen LogP contribution in [0.15, 0.2) is 0 Å². The number of rotatable bonds is 3. The zero-order valence-electron chi connectivity index (χ0n) is 9.06. The van der Waals surface area contributed by atoms with E-state index in [0.717, 1.165) is 32.2 Å². The Morgan fingerprint density at radius 1 is 1.36 bits per heavy atom. The highest BCUT2D eigenvalue weighted by molar-refractivity contribution is 5.88. The first kappa shape index (κ1) is 10.1. The van der Waals surface area contributed by atoms with Gasteiger partial charge in [0.2, 0.25) is 0 Å². The summed E-state index contributed by atoms with van der Waals surface area (Å²) in [7, 11) is 3.67. The molecule has 0 unspecified atom stereocenters. The minimum absolute atomic E-state index is 0.0605. The molecule has 0 aromatic rings. The van der Waals surface area contributed by atoms with Crippen LogP contribution in [0.5, 0.6) is 0 Å². The zero-order chi connectivity index (χ0) is 10.2. The van der Waals surface area contributed by atoms with E-state index in [-0.39, 0.29) is 11.0 Å². The monoisotopic (exact) mass is 197 g/mol. The molecule has 3 aliphatic carbocycles. The number of hydrogen-bond donors (Lipinski definition) is 1. The van der Waals surface area contributed by atoms with Crippen LogP contribution in [0, 0.1) is 5.41 Å². The lowest BCUT2D eigenvalue weighted by Gasteiger charge is -2.51. The van der Waals surface area contributed by atoms with Gasteiger partial charge in [-0.15, -0.1) is 0 Å². The Balaban J connectivity index is 2.17. The molecule has 0 aromatic heterocycles. The van der Waals surface area contributed by atoms with Crippen molar-refractivity contribution < 1.29 is 9.53 Å². The Bertz CT molecular complexity index is 242. The van der Waals surface area contributed by atoms with Crippen LogP contribution in [0.4, 0.5) is 0 Å². The Kier molecular flexibility index (Phi) is 2.40. The molecule has 3 nitrogen and oxygen atoms in total. The molecule has 3 heteroatoms. The smallest absolute Gasteiger partial charge is 0.143 e. The molecular formula is C11H19NO2. The first-order chi connectivity index (χ1) is 6.66. The van der Waals surface area contributed by atoms with Crippen LogP contribution in [0.2, 0.25) is 0 Å². The molecule has 1 N–H and O–H groups in total. The first-order valence-corrected chi connectivity index (χ1v) is 5.39. The molecule has 3 rings (SSSR count). The highest BCUT2D eigenvalue weighted by atomic mass is 16.5. The van der Waals surface area contributed by atoms with E-state index >= 15 is 0 Å². The molecule has 0 amide bonds. The van der Waals surface area contributed by atoms with Gasteiger partial charge in [-0.25, -0.2) is 0 Å². The van der Waals surface area contributed by atoms with Crippen molar-refractivity contribution >= 4 is 5.78 Å². The lowest BCUT2D eigenvalue weighted by molar-refractivity contribution is -0.158. The summed E-state index contributed by atoms with van der Waals surface area (Å²) in [6, 6.07) is 0. The van der Waals surface area contributed by atoms with E-state index < -0.39 is 0 Å². The van der Waals surface area contributed by atoms with Crippen LogP contribution in [0.3, 0.4) is 0 Å². The van der Waals surface area contributed by atoms with Gasteiger partial charge < -0.3 is 10.1 Å². The number of carbonyl (C=O) groups is 1. The van der Waals surface area contributed by atoms with Gasteiger partial charge in [0.1, 0.15) is 5.78 Å². The molecule has 0 spiro atoms. The molecule has 80 valence electrons. The van der Waals surface area contributed by atoms with Crippen molar-refractivity contribution in [2.24, 2.45) is 5.41 Å². The van der Waals surface area contributed by atoms with E-state index in [2.05, 4.69) is 5.32 Å². The Morgan fingerprint density at radius 3 is 2.43 bits per heavy atom. The number of Topliss-reactive ketones (excluding diaryl/α,β-unsaturated/α-hetero) is 1. The third-order valence-corrected chi connectivity index (χ3v) is 4.14. The van der Waals surface area contributed by atoms with Gasteiger partial charge in [0.05, 0.1) is 5.60 Å². The number of nitrogens with one attached hydrogen (secondary N) is 1. The molecule has 0 radical (unpaired) electrons. The van der Waals surface area contributed by atoms with Gasteiger partial charge in [0.15, 0.2) is 0 Å². The van der Waals surface area contributed by atoms with Crippen molar-refractivity contribution in [1.29, 1.82) is 0 Å². The number of fused-ring (bicyclic) bond motifs is 3. The lowest BCUT2D eigenvalue weighted by Crippen LogP contribution is -2.56. The quantitative estimate of drug-likeness (QED) is 0.737. The Labute approximate surface area is 85.2 Å². The standard InChI is InChI=1S/C11H19NO2/c1-12-8-10-3-5-11(14-2,6-4-10)7-9(10)13/h12H,3-8H2,1-2H3. The average molecular weight is 197 g/mol. The first-order valence-electron chi connectivity index (χ1n) is 5.39. The second kappa shape index (κ2) is 3.31. The van der Waals surface area contributed by atoms with Crippen molar-refractivity contribution in [3.8, 4) is 0 Å². The largest absolute Gasteiger partial charge is 0.378 e. The molecular weight excluding hydrogens is 178 g/mol. The van der Waals surface area contributed by atoms with Crippen molar-refractivity contribution in [2.75, 3.05) is 20.7 Å². The predicted molar refractivity (Wildman–Crippen MR) is 54.2 cm³/mol. The van der Waals surface area contributed by atoms with Gasteiger partial charge in [0.25, 0.3) is 0 Å². The van der Waals surface area contributed by atoms with Crippen LogP contribution in [0.1, 0.15) is 32.1 Å². The van der Waals surface area contributed by atoms with E-state index in [0.29, 0.717) is 12.2 Å². The van der Waals surface area contributed by atoms with Crippen LogP contribution in [0.25, 0.3) is 0 Å². The number of methoxy groups -OCH3 is 1. The van der Waals surface area contributed by atoms with Gasteiger partial charge in [-0.3, -0.25) is 4.79 Å². The summed E-state index contributed by atoms with van der Waals surface area (Å²) >= 11 is 0. The summed E-state index contributed by atoms with van der Waals surface area (Å²) in [5.41, 5.74) is -0.165. The second-order valence-electron chi connectivity index (χ2n) is 4.80. The molecule has 0 atom stereocenters. The zero-order valence-corrected chi connectivity index (χ0v) is 9.06. The van der Waals surface area contributed by atoms with Crippen LogP contribution in [-0.4, -0.2) is 32.1 Å². The van der Waals surface area contributed by atoms with Gasteiger partial charge in [-0.05, 0) is 32.7 Å². The third-order valence-electron chi connectivity index (χ3n) is 4.14. The molecule has 0 saturated heterocycles. The van der Waals surface area contributed by atoms with Gasteiger partial charge in [0, 0.05) is 25.5 Å². The molecule has 0 heterocycles. The summed E-state index contributed by atoms with van der Waals surface area (Å²) in [5, 5.41) is 3.15. The normalized spacial score (nSPS) is 41.7. The molecule has 14 heavy (non-hydrogen) atoms. The fourth-order valence-corrected chi connectivity index (χ4v) is 3.01. The Hall–Kier alpha value is -0.410. The number of carbonyl (C=O) groups excluding carboxylic acids is 1. The molecule has 3 saturated carbocycles. The number of hydrogen-bond acceptors (Lipinski definition) is 3. The SMILES string of the molecule is CNCC12CCC(OC)(CC1)CC2=O. The average Bonchev–Trinajstić information content (AvgIpc) is 2.21. The van der Waals surface area contributed by atoms with Crippen molar-refractivity contribution in [1.82, 2.24) is 5.32 Å². The summed E-state index contributed by atoms with van der Waals surface area (Å²) in [6.45, 7) is 0.839. The second-order valence-corrected chi connectivity index (χ2v) is 4.80. The molecule has 0 aliphatic heterocycles. The minimum atomic E-state index is -0.105. The van der Waals surface area contributed by atoms with Crippen molar-refractivity contribution in [2.45, 2.75) is 37.7 Å². The summed E-state index contributed by atoms with van der Waals surface area (Å²) < 4.78 is 5.52. The van der Waals surface area contributed by atoms with Gasteiger partial charge in [-0.2, -0.15) is 0 Å². The summed E-state index contributed by atoms with van der Waals surface area (Å²) in [6.07, 6.45) is 4.74. The molecule has 0 aromatic carbocycles. The van der Waals surface area contributed by atoms with Gasteiger partial charge in [-0.1, -0.05) is 0 Å². The Morgan fingerprint density at radius 2 is 2.00 bits per heavy atom. The summed E-state index contributed by atoms with van der Waals surface area (Å²) in [5.74, 6) is 0.409. The minimum Gasteiger partial charge on any atom is -0.378 e. The van der Waals surface area contributed by atoms with Crippen LogP contribution in [-0.2, 0) is 9.53 Å². The third kappa shape index (κ3) is 1.30. The maximum absolute atomic E-state index is 12.0. The number of ether oxygens (including phenoxy) is 1. The van der Waals surface area contributed by atoms with E-state index in [1.165, 1.54) is 0 Å². The maximum atomic E-state index is 12.0. The van der Waals surface area contributed by atoms with Crippen LogP contribution < -0.4 is 5.32 Å². The topological polar surface area (TPSA) is 38.3 Å². The molecule has 3 aliphatic rings. The van der Waals surface area contributed by atoms with E-state index in [1.807, 2.05) is 7.05 Å². The van der Waals surface area contributed by atoms with E-state index in [9.17, 15) is 4.79 Å². The lowest BCUT2D eigenvalue weighted by atomic mass is 9.58. The highest BCUT2D eigenvalue weighted by Gasteiger charge is 2.53. The summed E-state index contributed by atoms with van der Waals surface area (Å²) in [4.78, 5) is 12.0. The fraction of sp³-hybridized carbons (Fsp3) is 0.909. The van der Waals surface area contributed by atoms with Gasteiger partial charge >= 0.3 is 0 Å². The van der Waals surface area contributed by atoms with E-state index in [4.69, 9.17) is 4.74 Å². The fourth-order valence-electron chi connectivity index (χ4n) is 3.01. The van der Waals surface area contributed by atoms with E-state index in [1.54, 1.807) is 7.11 Å². The van der Waals surface area contributed by atoms with Crippen LogP contribution >= 0.6 is 0 Å². The van der Waals surface area contributed by atoms with Crippen molar-refractivity contribution in [3.63, 3.8) is 0 Å². The molecule has 3 fully saturated rings. The predicted octanol–water partition coefficient (Wildman–Crippen LogP) is 1.12. The van der Waals surface area contributed by atoms with Crippen molar-refractivity contribution in [3.05, 3.63) is 0 Å². The number of ketones is 1. The molecule has 2 bridgehead atoms. The maximum Gasteiger partial charge on any atom is 0.143 e. The highest BCUT2D eigenvalue weighted by Crippen LogP contribution is 2.51.